The third-order valence-electron chi connectivity index (χ3n) is 9.69. The third-order valence-corrected chi connectivity index (χ3v) is 9.69. The topological polar surface area (TPSA) is 18.5 Å². The van der Waals surface area contributed by atoms with Crippen LogP contribution in [-0.2, 0) is 0 Å². The van der Waals surface area contributed by atoms with Crippen molar-refractivity contribution < 1.29 is 106 Å². The van der Waals surface area contributed by atoms with Gasteiger partial charge in [-0.25, -0.2) is 87.8 Å². The summed E-state index contributed by atoms with van der Waals surface area (Å²) in [5.74, 6) is -67.1. The van der Waals surface area contributed by atoms with Gasteiger partial charge in [0.25, 0.3) is 0 Å². The minimum atomic E-state index is -3.67. The number of benzene rings is 8. The number of hydrogen-bond acceptors (Lipinski definition) is 2. The molecule has 8 aromatic carbocycles. The van der Waals surface area contributed by atoms with E-state index in [9.17, 15) is 35.1 Å². The van der Waals surface area contributed by atoms with E-state index in [0.29, 0.717) is 0 Å². The highest BCUT2D eigenvalue weighted by atomic mass is 19.2. The Bertz CT molecular complexity index is 3340. The van der Waals surface area contributed by atoms with Gasteiger partial charge in [-0.2, -0.15) is 8.78 Å². The van der Waals surface area contributed by atoms with E-state index < -0.39 is 206 Å². The minimum Gasteiger partial charge on any atom is -0.519 e. The monoisotopic (exact) mass is 920 g/mol. The predicted octanol–water partition coefficient (Wildman–Crippen LogP) is 12.3. The molecular weight excluding hydrogens is 917 g/mol. The van der Waals surface area contributed by atoms with E-state index in [2.05, 4.69) is 0 Å². The summed E-state index contributed by atoms with van der Waals surface area (Å²) in [6, 6.07) is -0.113. The van der Waals surface area contributed by atoms with Crippen molar-refractivity contribution >= 4 is 55.7 Å². The van der Waals surface area contributed by atoms with Crippen LogP contribution in [0.5, 0.6) is 11.5 Å². The van der Waals surface area contributed by atoms with Crippen molar-refractivity contribution in [3.05, 3.63) is 146 Å². The molecule has 0 unspecified atom stereocenters. The molecule has 0 bridgehead atoms. The van der Waals surface area contributed by atoms with Gasteiger partial charge in [0.05, 0.1) is 38.1 Å². The van der Waals surface area contributed by atoms with Gasteiger partial charge in [-0.05, 0) is 17.5 Å². The summed E-state index contributed by atoms with van der Waals surface area (Å²) in [5, 5.41) is -15.5. The Kier molecular flexibility index (Phi) is 9.78. The lowest BCUT2D eigenvalue weighted by Gasteiger charge is -2.24. The molecule has 0 aliphatic carbocycles. The van der Waals surface area contributed by atoms with Gasteiger partial charge in [0.15, 0.2) is 116 Å². The maximum absolute atomic E-state index is 16.2. The van der Waals surface area contributed by atoms with Gasteiger partial charge in [-0.15, -0.1) is 0 Å². The highest BCUT2D eigenvalue weighted by molar-refractivity contribution is 6.66. The van der Waals surface area contributed by atoms with Gasteiger partial charge < -0.3 is 9.31 Å². The second kappa shape index (κ2) is 14.4. The Morgan fingerprint density at radius 3 is 1.14 bits per heavy atom. The summed E-state index contributed by atoms with van der Waals surface area (Å²) < 4.78 is 342. The molecule has 324 valence electrons. The van der Waals surface area contributed by atoms with Gasteiger partial charge >= 0.3 is 7.12 Å². The lowest BCUT2D eigenvalue weighted by atomic mass is 9.75. The molecule has 0 N–H and O–H groups in total. The van der Waals surface area contributed by atoms with Crippen molar-refractivity contribution in [2.75, 3.05) is 0 Å². The molecule has 0 atom stereocenters. The predicted molar refractivity (Wildman–Crippen MR) is 172 cm³/mol. The maximum atomic E-state index is 16.2. The van der Waals surface area contributed by atoms with Crippen molar-refractivity contribution in [3.63, 3.8) is 0 Å². The highest BCUT2D eigenvalue weighted by Crippen LogP contribution is 2.49. The average molecular weight is 920 g/mol. The Hall–Kier alpha value is -6.82. The first-order chi connectivity index (χ1) is 29.5. The zero-order valence-electron chi connectivity index (χ0n) is 28.9. The Labute approximate surface area is 330 Å². The Balaban J connectivity index is 1.54. The fraction of sp³-hybridized carbons (Fsp3) is 0. The summed E-state index contributed by atoms with van der Waals surface area (Å²) in [6.07, 6.45) is 0. The normalized spacial score (nSPS) is 12.0. The zero-order chi connectivity index (χ0) is 46.3. The smallest absolute Gasteiger partial charge is 0.519 e. The van der Waals surface area contributed by atoms with Crippen molar-refractivity contribution in [1.82, 2.24) is 0 Å². The molecule has 0 aromatic heterocycles. The largest absolute Gasteiger partial charge is 0.633 e. The van der Waals surface area contributed by atoms with Crippen LogP contribution in [-0.4, -0.2) is 7.12 Å². The summed E-state index contributed by atoms with van der Waals surface area (Å²) in [7, 11) is -3.67. The summed E-state index contributed by atoms with van der Waals surface area (Å²) in [6.45, 7) is 0. The first-order valence-electron chi connectivity index (χ1n) is 16.3. The van der Waals surface area contributed by atoms with Crippen molar-refractivity contribution in [1.29, 1.82) is 0 Å². The molecule has 63 heavy (non-hydrogen) atoms. The molecule has 8 aromatic rings. The van der Waals surface area contributed by atoms with Crippen LogP contribution < -0.4 is 14.8 Å². The summed E-state index contributed by atoms with van der Waals surface area (Å²) in [4.78, 5) is 0. The van der Waals surface area contributed by atoms with Gasteiger partial charge in [-0.3, -0.25) is 0 Å². The van der Waals surface area contributed by atoms with Crippen LogP contribution in [0.25, 0.3) is 54.2 Å². The summed E-state index contributed by atoms with van der Waals surface area (Å²) in [5.41, 5.74) is -6.95. The standard InChI is InChI=1S/C38H3BF22O2/c40-6-2-1-5(4-3-7(41)17(42)18(43)8(4)6)39(63-38-16(28(53)32(57)34(59)36(38)61)14-24(49)30(55)33(58)31(56)25(14)50)62-37-15-10-9-11(19(44)20(45)13(10)26(51)35(37)60)22(47)29(54)23(48)12(9)21(46)27(15)52/h1-3H. The van der Waals surface area contributed by atoms with Crippen molar-refractivity contribution in [2.24, 2.45) is 0 Å². The van der Waals surface area contributed by atoms with Gasteiger partial charge in [0.2, 0.25) is 17.5 Å². The van der Waals surface area contributed by atoms with E-state index in [1.54, 1.807) is 0 Å². The quantitative estimate of drug-likeness (QED) is 0.0544. The second-order valence-electron chi connectivity index (χ2n) is 12.9. The molecule has 0 saturated carbocycles. The Morgan fingerprint density at radius 1 is 0.270 bits per heavy atom. The average Bonchev–Trinajstić information content (AvgIpc) is 3.24. The first kappa shape index (κ1) is 42.9. The van der Waals surface area contributed by atoms with Gasteiger partial charge in [0, 0.05) is 16.2 Å². The molecule has 2 nitrogen and oxygen atoms in total. The number of fused-ring (bicyclic) bond motifs is 1. The van der Waals surface area contributed by atoms with E-state index >= 15 is 61.5 Å². The summed E-state index contributed by atoms with van der Waals surface area (Å²) >= 11 is 0. The lowest BCUT2D eigenvalue weighted by Crippen LogP contribution is -2.44. The van der Waals surface area contributed by atoms with Gasteiger partial charge in [0.1, 0.15) is 5.82 Å². The van der Waals surface area contributed by atoms with Crippen LogP contribution in [0.4, 0.5) is 96.6 Å². The van der Waals surface area contributed by atoms with Crippen molar-refractivity contribution in [3.8, 4) is 22.6 Å². The molecule has 0 saturated heterocycles. The highest BCUT2D eigenvalue weighted by Gasteiger charge is 2.42. The molecule has 0 aliphatic rings. The maximum Gasteiger partial charge on any atom is 0.633 e. The van der Waals surface area contributed by atoms with E-state index in [4.69, 9.17) is 9.31 Å². The lowest BCUT2D eigenvalue weighted by molar-refractivity contribution is 0.363. The molecule has 8 rings (SSSR count). The molecule has 0 fully saturated rings. The van der Waals surface area contributed by atoms with E-state index in [0.717, 1.165) is 0 Å². The minimum absolute atomic E-state index is 0.00450. The van der Waals surface area contributed by atoms with Crippen LogP contribution in [0.15, 0.2) is 18.2 Å². The van der Waals surface area contributed by atoms with Crippen LogP contribution in [0.3, 0.4) is 0 Å². The second-order valence-corrected chi connectivity index (χ2v) is 12.9. The number of hydrogen-bond donors (Lipinski definition) is 0. The number of rotatable bonds is 6. The van der Waals surface area contributed by atoms with Crippen molar-refractivity contribution in [2.45, 2.75) is 0 Å². The van der Waals surface area contributed by atoms with E-state index in [-0.39, 0.29) is 18.2 Å². The molecule has 0 radical (unpaired) electrons. The van der Waals surface area contributed by atoms with Crippen LogP contribution in [0.1, 0.15) is 0 Å². The van der Waals surface area contributed by atoms with Crippen LogP contribution >= 0.6 is 0 Å². The molecule has 0 aliphatic heterocycles. The van der Waals surface area contributed by atoms with E-state index in [1.165, 1.54) is 0 Å². The van der Waals surface area contributed by atoms with E-state index in [1.807, 2.05) is 0 Å². The fourth-order valence-electron chi connectivity index (χ4n) is 6.94. The van der Waals surface area contributed by atoms with Gasteiger partial charge in [-0.1, -0.05) is 6.07 Å². The third kappa shape index (κ3) is 5.65. The molecule has 0 spiro atoms. The zero-order valence-corrected chi connectivity index (χ0v) is 28.9. The Morgan fingerprint density at radius 2 is 0.619 bits per heavy atom. The SMILES string of the molecule is Fc1cc2c(B(Oc3c(F)c(F)c(F)c(F)c3-c3c(F)c(F)c(F)c(F)c3F)Oc3c(F)c(F)c4c(F)c(F)c5c(F)c(F)c(F)c6c(F)c(F)c3c4c56)ccc(F)c2c(F)c1F. The first-order valence-corrected chi connectivity index (χ1v) is 16.3. The van der Waals surface area contributed by atoms with Crippen LogP contribution in [0, 0.1) is 128 Å². The molecule has 0 amide bonds. The van der Waals surface area contributed by atoms with Crippen LogP contribution in [0.2, 0.25) is 0 Å². The molecule has 25 heteroatoms. The number of halogens is 22. The molecular formula is C38H3BF22O2. The fourth-order valence-corrected chi connectivity index (χ4v) is 6.94. The molecule has 0 heterocycles.